The van der Waals surface area contributed by atoms with Crippen LogP contribution in [-0.4, -0.2) is 19.9 Å². The third-order valence-corrected chi connectivity index (χ3v) is 6.66. The van der Waals surface area contributed by atoms with Crippen LogP contribution in [0.1, 0.15) is 58.3 Å². The average molecular weight is 464 g/mol. The highest BCUT2D eigenvalue weighted by molar-refractivity contribution is 5.28. The largest absolute Gasteiger partial charge is 0.307 e. The first kappa shape index (κ1) is 23.3. The van der Waals surface area contributed by atoms with Crippen molar-refractivity contribution in [2.45, 2.75) is 58.4 Å². The SMILES string of the molecule is Cc1cccc(CN(Cc2cccc(CNCc3ccccn3)c2)C2CCCc3cccnc32)n1. The van der Waals surface area contributed by atoms with Gasteiger partial charge in [-0.05, 0) is 73.2 Å². The second-order valence-corrected chi connectivity index (χ2v) is 9.38. The number of nitrogens with one attached hydrogen (secondary N) is 1. The first-order chi connectivity index (χ1) is 17.2. The van der Waals surface area contributed by atoms with Crippen LogP contribution in [0.2, 0.25) is 0 Å². The minimum atomic E-state index is 0.299. The molecular weight excluding hydrogens is 430 g/mol. The van der Waals surface area contributed by atoms with Crippen molar-refractivity contribution in [3.8, 4) is 0 Å². The zero-order chi connectivity index (χ0) is 23.9. The molecule has 5 rings (SSSR count). The summed E-state index contributed by atoms with van der Waals surface area (Å²) in [6.07, 6.45) is 7.22. The monoisotopic (exact) mass is 463 g/mol. The van der Waals surface area contributed by atoms with Gasteiger partial charge in [0.2, 0.25) is 0 Å². The summed E-state index contributed by atoms with van der Waals surface area (Å²) >= 11 is 0. The first-order valence-corrected chi connectivity index (χ1v) is 12.5. The Labute approximate surface area is 208 Å². The molecule has 1 aliphatic carbocycles. The molecule has 0 aliphatic heterocycles. The third-order valence-electron chi connectivity index (χ3n) is 6.66. The third kappa shape index (κ3) is 6.18. The van der Waals surface area contributed by atoms with E-state index in [1.807, 2.05) is 24.5 Å². The number of fused-ring (bicyclic) bond motifs is 1. The van der Waals surface area contributed by atoms with Crippen LogP contribution in [0.25, 0.3) is 0 Å². The number of rotatable bonds is 9. The molecule has 4 aromatic rings. The van der Waals surface area contributed by atoms with E-state index in [2.05, 4.69) is 82.8 Å². The standard InChI is InChI=1S/C30H33N5/c1-23-8-4-14-28(34-23)22-35(29-15-6-11-26-12-7-17-33-30(26)29)21-25-10-5-9-24(18-25)19-31-20-27-13-2-3-16-32-27/h2-5,7-10,12-14,16-18,29,31H,6,11,15,19-22H2,1H3. The van der Waals surface area contributed by atoms with E-state index in [1.54, 1.807) is 0 Å². The van der Waals surface area contributed by atoms with Crippen LogP contribution in [-0.2, 0) is 32.6 Å². The maximum absolute atomic E-state index is 4.83. The highest BCUT2D eigenvalue weighted by Gasteiger charge is 2.27. The number of pyridine rings is 3. The van der Waals surface area contributed by atoms with E-state index in [1.165, 1.54) is 28.8 Å². The van der Waals surface area contributed by atoms with Gasteiger partial charge in [0, 0.05) is 44.3 Å². The molecule has 0 amide bonds. The topological polar surface area (TPSA) is 53.9 Å². The van der Waals surface area contributed by atoms with Crippen molar-refractivity contribution < 1.29 is 0 Å². The summed E-state index contributed by atoms with van der Waals surface area (Å²) in [6.45, 7) is 5.32. The van der Waals surface area contributed by atoms with E-state index in [-0.39, 0.29) is 0 Å². The number of benzene rings is 1. The zero-order valence-electron chi connectivity index (χ0n) is 20.4. The average Bonchev–Trinajstić information content (AvgIpc) is 2.89. The van der Waals surface area contributed by atoms with Gasteiger partial charge in [0.05, 0.1) is 23.1 Å². The van der Waals surface area contributed by atoms with Crippen molar-refractivity contribution in [2.75, 3.05) is 0 Å². The molecule has 1 aromatic carbocycles. The van der Waals surface area contributed by atoms with Gasteiger partial charge < -0.3 is 5.32 Å². The van der Waals surface area contributed by atoms with Gasteiger partial charge in [-0.2, -0.15) is 0 Å². The molecule has 1 unspecified atom stereocenters. The Morgan fingerprint density at radius 3 is 2.57 bits per heavy atom. The molecule has 1 N–H and O–H groups in total. The fraction of sp³-hybridized carbons (Fsp3) is 0.300. The van der Waals surface area contributed by atoms with Crippen molar-refractivity contribution in [1.29, 1.82) is 0 Å². The molecule has 0 fully saturated rings. The molecule has 5 heteroatoms. The molecule has 5 nitrogen and oxygen atoms in total. The predicted octanol–water partition coefficient (Wildman–Crippen LogP) is 5.55. The molecule has 0 spiro atoms. The first-order valence-electron chi connectivity index (χ1n) is 12.5. The van der Waals surface area contributed by atoms with Gasteiger partial charge in [-0.1, -0.05) is 42.5 Å². The van der Waals surface area contributed by atoms with Gasteiger partial charge in [0.15, 0.2) is 0 Å². The lowest BCUT2D eigenvalue weighted by molar-refractivity contribution is 0.155. The number of aryl methyl sites for hydroxylation is 2. The Balaban J connectivity index is 1.34. The number of nitrogens with zero attached hydrogens (tertiary/aromatic N) is 4. The summed E-state index contributed by atoms with van der Waals surface area (Å²) < 4.78 is 0. The van der Waals surface area contributed by atoms with Crippen LogP contribution in [0.5, 0.6) is 0 Å². The van der Waals surface area contributed by atoms with Gasteiger partial charge in [0.25, 0.3) is 0 Å². The van der Waals surface area contributed by atoms with Gasteiger partial charge >= 0.3 is 0 Å². The van der Waals surface area contributed by atoms with Crippen LogP contribution in [0.4, 0.5) is 0 Å². The van der Waals surface area contributed by atoms with Crippen LogP contribution in [0.15, 0.2) is 85.2 Å². The normalized spacial score (nSPS) is 15.2. The molecule has 0 radical (unpaired) electrons. The Bertz CT molecular complexity index is 1240. The van der Waals surface area contributed by atoms with Gasteiger partial charge in [-0.25, -0.2) is 0 Å². The Hall–Kier alpha value is -3.41. The molecule has 3 aromatic heterocycles. The smallest absolute Gasteiger partial charge is 0.0607 e. The second-order valence-electron chi connectivity index (χ2n) is 9.38. The lowest BCUT2D eigenvalue weighted by Gasteiger charge is -2.35. The molecule has 3 heterocycles. The van der Waals surface area contributed by atoms with Gasteiger partial charge in [0.1, 0.15) is 0 Å². The second kappa shape index (κ2) is 11.3. The fourth-order valence-electron chi connectivity index (χ4n) is 5.02. The Morgan fingerprint density at radius 2 is 1.69 bits per heavy atom. The Morgan fingerprint density at radius 1 is 0.829 bits per heavy atom. The number of hydrogen-bond acceptors (Lipinski definition) is 5. The van der Waals surface area contributed by atoms with Crippen LogP contribution in [0, 0.1) is 6.92 Å². The Kier molecular flexibility index (Phi) is 7.56. The van der Waals surface area contributed by atoms with Crippen molar-refractivity contribution in [2.24, 2.45) is 0 Å². The highest BCUT2D eigenvalue weighted by Crippen LogP contribution is 2.34. The molecule has 1 aliphatic rings. The summed E-state index contributed by atoms with van der Waals surface area (Å²) in [5.41, 5.74) is 8.46. The van der Waals surface area contributed by atoms with E-state index in [0.29, 0.717) is 6.04 Å². The summed E-state index contributed by atoms with van der Waals surface area (Å²) in [5.74, 6) is 0. The highest BCUT2D eigenvalue weighted by atomic mass is 15.2. The lowest BCUT2D eigenvalue weighted by Crippen LogP contribution is -2.31. The molecular formula is C30H33N5. The van der Waals surface area contributed by atoms with E-state index >= 15 is 0 Å². The van der Waals surface area contributed by atoms with Crippen molar-refractivity contribution >= 4 is 0 Å². The van der Waals surface area contributed by atoms with Crippen LogP contribution < -0.4 is 5.32 Å². The summed E-state index contributed by atoms with van der Waals surface area (Å²) in [5, 5.41) is 3.52. The maximum Gasteiger partial charge on any atom is 0.0607 e. The molecule has 0 bridgehead atoms. The predicted molar refractivity (Wildman–Crippen MR) is 139 cm³/mol. The molecule has 35 heavy (non-hydrogen) atoms. The summed E-state index contributed by atoms with van der Waals surface area (Å²) in [4.78, 5) is 16.6. The lowest BCUT2D eigenvalue weighted by atomic mass is 9.90. The maximum atomic E-state index is 4.83. The molecule has 0 saturated heterocycles. The summed E-state index contributed by atoms with van der Waals surface area (Å²) in [6, 6.07) is 25.9. The van der Waals surface area contributed by atoms with Crippen molar-refractivity contribution in [3.63, 3.8) is 0 Å². The summed E-state index contributed by atoms with van der Waals surface area (Å²) in [7, 11) is 0. The molecule has 0 saturated carbocycles. The van der Waals surface area contributed by atoms with Crippen molar-refractivity contribution in [3.05, 3.63) is 125 Å². The quantitative estimate of drug-likeness (QED) is 0.353. The van der Waals surface area contributed by atoms with Gasteiger partial charge in [-0.3, -0.25) is 19.9 Å². The zero-order valence-corrected chi connectivity index (χ0v) is 20.4. The van der Waals surface area contributed by atoms with Crippen LogP contribution in [0.3, 0.4) is 0 Å². The minimum Gasteiger partial charge on any atom is -0.307 e. The van der Waals surface area contributed by atoms with Crippen molar-refractivity contribution in [1.82, 2.24) is 25.2 Å². The van der Waals surface area contributed by atoms with E-state index < -0.39 is 0 Å². The fourth-order valence-corrected chi connectivity index (χ4v) is 5.02. The number of hydrogen-bond donors (Lipinski definition) is 1. The van der Waals surface area contributed by atoms with Crippen LogP contribution >= 0.6 is 0 Å². The molecule has 178 valence electrons. The van der Waals surface area contributed by atoms with E-state index in [9.17, 15) is 0 Å². The van der Waals surface area contributed by atoms with E-state index in [0.717, 1.165) is 56.1 Å². The van der Waals surface area contributed by atoms with Gasteiger partial charge in [-0.15, -0.1) is 0 Å². The van der Waals surface area contributed by atoms with E-state index in [4.69, 9.17) is 9.97 Å². The minimum absolute atomic E-state index is 0.299. The molecule has 1 atom stereocenters. The number of aromatic nitrogens is 3.